The molecule has 1 aromatic carbocycles. The molecule has 4 heteroatoms. The molecule has 3 aromatic rings. The number of benzene rings is 1. The second kappa shape index (κ2) is 4.13. The molecule has 0 saturated carbocycles. The molecule has 78 valence electrons. The number of nitrogens with zero attached hydrogens (tertiary/aromatic N) is 2. The van der Waals surface area contributed by atoms with Crippen LogP contribution in [0.4, 0.5) is 0 Å². The zero-order valence-corrected chi connectivity index (χ0v) is 11.5. The van der Waals surface area contributed by atoms with E-state index in [-0.39, 0.29) is 14.5 Å². The molecule has 3 rings (SSSR count). The molecule has 0 aliphatic carbocycles. The SMILES string of the molecule is Brc1ccc(-c2nc3cccnc3[se]2)cc1. The first-order valence-corrected chi connectivity index (χ1v) is 7.31. The number of aromatic nitrogens is 2. The minimum absolute atomic E-state index is 0.240. The molecule has 0 fully saturated rings. The standard InChI is InChI=1S/C12H7BrN2Se/c13-9-5-3-8(4-6-9)11-15-10-2-1-7-14-12(10)16-11/h1-7H. The molecule has 0 aliphatic heterocycles. The van der Waals surface area contributed by atoms with Crippen LogP contribution in [0.2, 0.25) is 0 Å². The topological polar surface area (TPSA) is 25.8 Å². The monoisotopic (exact) mass is 338 g/mol. The molecule has 0 spiro atoms. The summed E-state index contributed by atoms with van der Waals surface area (Å²) in [4.78, 5) is 8.97. The van der Waals surface area contributed by atoms with Gasteiger partial charge in [-0.05, 0) is 0 Å². The molecule has 2 nitrogen and oxygen atoms in total. The van der Waals surface area contributed by atoms with Gasteiger partial charge >= 0.3 is 108 Å². The Hall–Kier alpha value is -0.961. The molecule has 0 atom stereocenters. The molecule has 0 N–H and O–H groups in total. The summed E-state index contributed by atoms with van der Waals surface area (Å²) in [5.74, 6) is 0. The van der Waals surface area contributed by atoms with Crippen molar-refractivity contribution in [1.29, 1.82) is 0 Å². The summed E-state index contributed by atoms with van der Waals surface area (Å²) in [6, 6.07) is 12.2. The molecule has 0 aliphatic rings. The van der Waals surface area contributed by atoms with Gasteiger partial charge < -0.3 is 0 Å². The maximum atomic E-state index is 4.62. The fraction of sp³-hybridized carbons (Fsp3) is 0. The van der Waals surface area contributed by atoms with E-state index in [0.717, 1.165) is 18.9 Å². The number of halogens is 1. The zero-order valence-electron chi connectivity index (χ0n) is 8.22. The van der Waals surface area contributed by atoms with Gasteiger partial charge in [-0.25, -0.2) is 0 Å². The summed E-state index contributed by atoms with van der Waals surface area (Å²) in [7, 11) is 0. The van der Waals surface area contributed by atoms with E-state index >= 15 is 0 Å². The number of pyridine rings is 1. The molecule has 2 aromatic heterocycles. The molecule has 2 heterocycles. The van der Waals surface area contributed by atoms with Crippen molar-refractivity contribution in [1.82, 2.24) is 9.97 Å². The molecule has 16 heavy (non-hydrogen) atoms. The van der Waals surface area contributed by atoms with E-state index in [0.29, 0.717) is 0 Å². The van der Waals surface area contributed by atoms with Gasteiger partial charge in [-0.15, -0.1) is 0 Å². The summed E-state index contributed by atoms with van der Waals surface area (Å²) in [5, 5.41) is 0. The number of hydrogen-bond acceptors (Lipinski definition) is 2. The second-order valence-corrected chi connectivity index (χ2v) is 6.32. The van der Waals surface area contributed by atoms with Crippen molar-refractivity contribution < 1.29 is 0 Å². The van der Waals surface area contributed by atoms with Crippen LogP contribution in [0, 0.1) is 0 Å². The van der Waals surface area contributed by atoms with E-state index in [2.05, 4.69) is 38.0 Å². The van der Waals surface area contributed by atoms with Crippen LogP contribution in [0.15, 0.2) is 47.1 Å². The van der Waals surface area contributed by atoms with Gasteiger partial charge in [0.1, 0.15) is 0 Å². The summed E-state index contributed by atoms with van der Waals surface area (Å²) in [6.07, 6.45) is 1.83. The fourth-order valence-corrected chi connectivity index (χ4v) is 3.67. The van der Waals surface area contributed by atoms with E-state index in [1.54, 1.807) is 0 Å². The molecule has 0 unspecified atom stereocenters. The third kappa shape index (κ3) is 1.84. The molecular weight excluding hydrogens is 331 g/mol. The van der Waals surface area contributed by atoms with Crippen molar-refractivity contribution in [2.45, 2.75) is 0 Å². The van der Waals surface area contributed by atoms with Crippen LogP contribution in [-0.4, -0.2) is 24.5 Å². The average molecular weight is 338 g/mol. The Bertz CT molecular complexity index is 598. The van der Waals surface area contributed by atoms with Crippen molar-refractivity contribution in [2.24, 2.45) is 0 Å². The van der Waals surface area contributed by atoms with Crippen molar-refractivity contribution in [3.05, 3.63) is 47.1 Å². The van der Waals surface area contributed by atoms with E-state index in [1.807, 2.05) is 30.5 Å². The van der Waals surface area contributed by atoms with Crippen molar-refractivity contribution in [3.8, 4) is 10.1 Å². The average Bonchev–Trinajstić information content (AvgIpc) is 2.73. The quantitative estimate of drug-likeness (QED) is 0.637. The first-order chi connectivity index (χ1) is 7.83. The molecule has 0 bridgehead atoms. The Balaban J connectivity index is 2.15. The number of hydrogen-bond donors (Lipinski definition) is 0. The predicted molar refractivity (Wildman–Crippen MR) is 69.6 cm³/mol. The third-order valence-corrected chi connectivity index (χ3v) is 4.94. The van der Waals surface area contributed by atoms with Crippen molar-refractivity contribution in [3.63, 3.8) is 0 Å². The van der Waals surface area contributed by atoms with Gasteiger partial charge in [0.15, 0.2) is 0 Å². The number of rotatable bonds is 1. The van der Waals surface area contributed by atoms with Gasteiger partial charge in [-0.3, -0.25) is 0 Å². The van der Waals surface area contributed by atoms with Crippen LogP contribution in [0.3, 0.4) is 0 Å². The van der Waals surface area contributed by atoms with E-state index < -0.39 is 0 Å². The minimum atomic E-state index is 0.240. The summed E-state index contributed by atoms with van der Waals surface area (Å²) in [6.45, 7) is 0. The van der Waals surface area contributed by atoms with Crippen LogP contribution >= 0.6 is 15.9 Å². The summed E-state index contributed by atoms with van der Waals surface area (Å²) < 4.78 is 3.39. The maximum absolute atomic E-state index is 4.62. The van der Waals surface area contributed by atoms with Crippen molar-refractivity contribution in [2.75, 3.05) is 0 Å². The Morgan fingerprint density at radius 3 is 2.62 bits per heavy atom. The normalized spacial score (nSPS) is 10.8. The molecular formula is C12H7BrN2Se. The Kier molecular flexibility index (Phi) is 2.64. The second-order valence-electron chi connectivity index (χ2n) is 3.35. The van der Waals surface area contributed by atoms with E-state index in [1.165, 1.54) is 5.56 Å². The van der Waals surface area contributed by atoms with E-state index in [9.17, 15) is 0 Å². The van der Waals surface area contributed by atoms with Gasteiger partial charge in [-0.1, -0.05) is 0 Å². The summed E-state index contributed by atoms with van der Waals surface area (Å²) >= 11 is 3.68. The Morgan fingerprint density at radius 2 is 1.88 bits per heavy atom. The molecule has 0 saturated heterocycles. The number of fused-ring (bicyclic) bond motifs is 1. The first-order valence-electron chi connectivity index (χ1n) is 4.80. The van der Waals surface area contributed by atoms with Crippen LogP contribution in [-0.2, 0) is 0 Å². The molecule has 0 radical (unpaired) electrons. The van der Waals surface area contributed by atoms with Gasteiger partial charge in [-0.2, -0.15) is 0 Å². The molecule has 0 amide bonds. The van der Waals surface area contributed by atoms with Crippen LogP contribution in [0.5, 0.6) is 0 Å². The van der Waals surface area contributed by atoms with Gasteiger partial charge in [0.05, 0.1) is 0 Å². The Labute approximate surface area is 107 Å². The van der Waals surface area contributed by atoms with E-state index in [4.69, 9.17) is 0 Å². The predicted octanol–water partition coefficient (Wildman–Crippen LogP) is 3.12. The van der Waals surface area contributed by atoms with Gasteiger partial charge in [0, 0.05) is 0 Å². The third-order valence-electron chi connectivity index (χ3n) is 2.26. The zero-order chi connectivity index (χ0) is 11.0. The van der Waals surface area contributed by atoms with Gasteiger partial charge in [0.25, 0.3) is 0 Å². The van der Waals surface area contributed by atoms with Crippen LogP contribution in [0.1, 0.15) is 0 Å². The summed E-state index contributed by atoms with van der Waals surface area (Å²) in [5.41, 5.74) is 2.22. The van der Waals surface area contributed by atoms with Crippen LogP contribution < -0.4 is 0 Å². The van der Waals surface area contributed by atoms with Crippen molar-refractivity contribution >= 4 is 40.3 Å². The van der Waals surface area contributed by atoms with Crippen LogP contribution in [0.25, 0.3) is 20.0 Å². The fourth-order valence-electron chi connectivity index (χ4n) is 1.49. The Morgan fingerprint density at radius 1 is 1.06 bits per heavy atom. The van der Waals surface area contributed by atoms with Gasteiger partial charge in [0.2, 0.25) is 0 Å². The first kappa shape index (κ1) is 10.2.